The molecule has 2 aromatic rings. The number of ketones is 2. The van der Waals surface area contributed by atoms with Gasteiger partial charge in [-0.15, -0.1) is 0 Å². The molecule has 0 aromatic heterocycles. The Morgan fingerprint density at radius 3 is 1.61 bits per heavy atom. The fourth-order valence-corrected chi connectivity index (χ4v) is 3.52. The first-order valence-electron chi connectivity index (χ1n) is 8.51. The van der Waals surface area contributed by atoms with Gasteiger partial charge in [0.15, 0.2) is 0 Å². The summed E-state index contributed by atoms with van der Waals surface area (Å²) in [6.45, 7) is 3.46. The zero-order valence-electron chi connectivity index (χ0n) is 15.1. The fraction of sp³-hybridized carbons (Fsp3) is 0.200. The van der Waals surface area contributed by atoms with E-state index < -0.39 is 23.5 Å². The quantitative estimate of drug-likeness (QED) is 0.353. The Bertz CT molecular complexity index is 903. The molecule has 0 fully saturated rings. The van der Waals surface area contributed by atoms with Crippen molar-refractivity contribution in [3.05, 3.63) is 47.5 Å². The van der Waals surface area contributed by atoms with Crippen LogP contribution in [-0.4, -0.2) is 36.7 Å². The Kier molecular flexibility index (Phi) is 5.79. The molecule has 1 heterocycles. The van der Waals surface area contributed by atoms with E-state index in [0.29, 0.717) is 21.3 Å². The van der Waals surface area contributed by atoms with E-state index in [4.69, 9.17) is 14.2 Å². The van der Waals surface area contributed by atoms with Crippen molar-refractivity contribution in [1.29, 1.82) is 0 Å². The summed E-state index contributed by atoms with van der Waals surface area (Å²) in [4.78, 5) is 48.8. The smallest absolute Gasteiger partial charge is 0.379 e. The van der Waals surface area contributed by atoms with E-state index in [9.17, 15) is 19.2 Å². The molecule has 0 amide bonds. The Morgan fingerprint density at radius 1 is 0.786 bits per heavy atom. The highest BCUT2D eigenvalue weighted by Crippen LogP contribution is 2.47. The summed E-state index contributed by atoms with van der Waals surface area (Å²) in [6, 6.07) is 9.22. The van der Waals surface area contributed by atoms with Crippen LogP contribution in [0.2, 0.25) is 0 Å². The molecular weight excluding hydrogens is 384 g/mol. The lowest BCUT2D eigenvalue weighted by Crippen LogP contribution is -2.18. The summed E-state index contributed by atoms with van der Waals surface area (Å²) in [5.41, 5.74) is 0.353. The minimum absolute atomic E-state index is 0.109. The van der Waals surface area contributed by atoms with Crippen LogP contribution in [0.1, 0.15) is 34.6 Å². The third-order valence-corrected chi connectivity index (χ3v) is 4.85. The zero-order chi connectivity index (χ0) is 20.3. The van der Waals surface area contributed by atoms with Crippen LogP contribution in [0, 0.1) is 0 Å². The van der Waals surface area contributed by atoms with Gasteiger partial charge in [0.1, 0.15) is 11.5 Å². The lowest BCUT2D eigenvalue weighted by molar-refractivity contribution is -0.138. The molecular formula is C20H16O7S. The largest absolute Gasteiger partial charge is 0.460 e. The average molecular weight is 400 g/mol. The maximum Gasteiger partial charge on any atom is 0.379 e. The highest BCUT2D eigenvalue weighted by atomic mass is 32.2. The van der Waals surface area contributed by atoms with Crippen LogP contribution < -0.4 is 4.74 Å². The molecule has 1 aliphatic rings. The SMILES string of the molecule is CCOC(=O)C(=O)c1ccc2c(c1)Sc1cc(C(=O)C(=O)OCC)ccc1O2. The molecule has 0 unspecified atom stereocenters. The Labute approximate surface area is 165 Å². The first-order valence-corrected chi connectivity index (χ1v) is 9.33. The van der Waals surface area contributed by atoms with Crippen molar-refractivity contribution in [2.24, 2.45) is 0 Å². The molecule has 0 radical (unpaired) electrons. The first kappa shape index (κ1) is 19.6. The van der Waals surface area contributed by atoms with Crippen molar-refractivity contribution >= 4 is 35.3 Å². The summed E-state index contributed by atoms with van der Waals surface area (Å²) in [5, 5.41) is 0. The molecule has 0 saturated carbocycles. The molecule has 144 valence electrons. The van der Waals surface area contributed by atoms with Crippen molar-refractivity contribution in [3.8, 4) is 11.5 Å². The highest BCUT2D eigenvalue weighted by Gasteiger charge is 2.25. The number of carbonyl (C=O) groups excluding carboxylic acids is 4. The summed E-state index contributed by atoms with van der Waals surface area (Å²) >= 11 is 1.26. The van der Waals surface area contributed by atoms with Crippen molar-refractivity contribution in [3.63, 3.8) is 0 Å². The summed E-state index contributed by atoms with van der Waals surface area (Å²) < 4.78 is 15.3. The van der Waals surface area contributed by atoms with E-state index in [0.717, 1.165) is 0 Å². The molecule has 1 aliphatic heterocycles. The van der Waals surface area contributed by atoms with Gasteiger partial charge < -0.3 is 14.2 Å². The number of hydrogen-bond acceptors (Lipinski definition) is 8. The van der Waals surface area contributed by atoms with Crippen LogP contribution in [0.3, 0.4) is 0 Å². The second kappa shape index (κ2) is 8.26. The van der Waals surface area contributed by atoms with E-state index in [2.05, 4.69) is 0 Å². The molecule has 3 rings (SSSR count). The standard InChI is InChI=1S/C20H16O7S/c1-3-25-19(23)17(21)11-5-7-13-15(9-11)28-16-10-12(6-8-14(16)27-13)18(22)20(24)26-4-2/h5-10H,3-4H2,1-2H3. The van der Waals surface area contributed by atoms with Gasteiger partial charge in [-0.3, -0.25) is 9.59 Å². The predicted molar refractivity (Wildman–Crippen MR) is 99.0 cm³/mol. The third-order valence-electron chi connectivity index (χ3n) is 3.77. The monoisotopic (exact) mass is 400 g/mol. The van der Waals surface area contributed by atoms with Crippen LogP contribution in [0.25, 0.3) is 0 Å². The lowest BCUT2D eigenvalue weighted by atomic mass is 10.1. The minimum atomic E-state index is -0.924. The fourth-order valence-electron chi connectivity index (χ4n) is 2.49. The second-order valence-corrected chi connectivity index (χ2v) is 6.71. The topological polar surface area (TPSA) is 96.0 Å². The number of rotatable bonds is 6. The van der Waals surface area contributed by atoms with Gasteiger partial charge in [-0.25, -0.2) is 9.59 Å². The number of hydrogen-bond donors (Lipinski definition) is 0. The van der Waals surface area contributed by atoms with E-state index >= 15 is 0 Å². The van der Waals surface area contributed by atoms with Crippen molar-refractivity contribution in [1.82, 2.24) is 0 Å². The molecule has 0 N–H and O–H groups in total. The van der Waals surface area contributed by atoms with E-state index in [1.807, 2.05) is 0 Å². The number of ether oxygens (including phenoxy) is 3. The molecule has 2 aromatic carbocycles. The van der Waals surface area contributed by atoms with Crippen LogP contribution in [-0.2, 0) is 19.1 Å². The summed E-state index contributed by atoms with van der Waals surface area (Å²) in [7, 11) is 0. The van der Waals surface area contributed by atoms with Crippen LogP contribution >= 0.6 is 11.8 Å². The number of carbonyl (C=O) groups is 4. The molecule has 0 spiro atoms. The van der Waals surface area contributed by atoms with Crippen LogP contribution in [0.15, 0.2) is 46.2 Å². The van der Waals surface area contributed by atoms with E-state index in [1.54, 1.807) is 26.0 Å². The molecule has 0 aliphatic carbocycles. The average Bonchev–Trinajstić information content (AvgIpc) is 2.70. The maximum atomic E-state index is 12.1. The molecule has 0 atom stereocenters. The van der Waals surface area contributed by atoms with Crippen molar-refractivity contribution in [2.75, 3.05) is 13.2 Å². The van der Waals surface area contributed by atoms with E-state index in [-0.39, 0.29) is 24.3 Å². The predicted octanol–water partition coefficient (Wildman–Crippen LogP) is 3.44. The van der Waals surface area contributed by atoms with Gasteiger partial charge >= 0.3 is 11.9 Å². The number of fused-ring (bicyclic) bond motifs is 2. The van der Waals surface area contributed by atoms with Gasteiger partial charge in [0.2, 0.25) is 0 Å². The number of benzene rings is 2. The third kappa shape index (κ3) is 3.91. The number of esters is 2. The molecule has 0 bridgehead atoms. The highest BCUT2D eigenvalue weighted by molar-refractivity contribution is 7.99. The zero-order valence-corrected chi connectivity index (χ0v) is 16.0. The van der Waals surface area contributed by atoms with E-state index in [1.165, 1.54) is 36.0 Å². The molecule has 0 saturated heterocycles. The lowest BCUT2D eigenvalue weighted by Gasteiger charge is -2.20. The summed E-state index contributed by atoms with van der Waals surface area (Å²) in [6.07, 6.45) is 0. The molecule has 7 nitrogen and oxygen atoms in total. The van der Waals surface area contributed by atoms with Gasteiger partial charge in [-0.2, -0.15) is 0 Å². The van der Waals surface area contributed by atoms with Gasteiger partial charge in [-0.05, 0) is 50.2 Å². The van der Waals surface area contributed by atoms with Gasteiger partial charge in [0, 0.05) is 11.1 Å². The normalized spacial score (nSPS) is 11.5. The maximum absolute atomic E-state index is 12.1. The summed E-state index contributed by atoms with van der Waals surface area (Å²) in [5.74, 6) is -2.31. The molecule has 8 heteroatoms. The van der Waals surface area contributed by atoms with Crippen LogP contribution in [0.5, 0.6) is 11.5 Å². The van der Waals surface area contributed by atoms with Crippen molar-refractivity contribution < 1.29 is 33.4 Å². The Balaban J connectivity index is 1.86. The Morgan fingerprint density at radius 2 is 1.21 bits per heavy atom. The van der Waals surface area contributed by atoms with Gasteiger partial charge in [0.05, 0.1) is 23.0 Å². The van der Waals surface area contributed by atoms with Crippen molar-refractivity contribution in [2.45, 2.75) is 23.6 Å². The van der Waals surface area contributed by atoms with Crippen LogP contribution in [0.4, 0.5) is 0 Å². The number of Topliss-reactive ketones (excluding diaryl/α,β-unsaturated/α-hetero) is 2. The van der Waals surface area contributed by atoms with Gasteiger partial charge in [-0.1, -0.05) is 11.8 Å². The Hall–Kier alpha value is -3.13. The molecule has 28 heavy (non-hydrogen) atoms. The second-order valence-electron chi connectivity index (χ2n) is 5.63. The first-order chi connectivity index (χ1) is 13.4. The van der Waals surface area contributed by atoms with Gasteiger partial charge in [0.25, 0.3) is 11.6 Å². The minimum Gasteiger partial charge on any atom is -0.460 e.